The lowest BCUT2D eigenvalue weighted by atomic mass is 9.78. The lowest BCUT2D eigenvalue weighted by Gasteiger charge is -2.27. The Labute approximate surface area is 274 Å². The lowest BCUT2D eigenvalue weighted by molar-refractivity contribution is 0.590. The Balaban J connectivity index is 1.54. The number of allylic oxidation sites excluding steroid dienone is 3. The highest BCUT2D eigenvalue weighted by atomic mass is 28.3. The SMILES string of the molecule is CC1=C(C2C(C(C)C)=Cc3c(-c4ccc(C(C)(C)C)cc4)cccc32)c2c(ccc([Si](C)C)c2-c2ccc(C(C)(C)C)cc2)C1. The molecule has 2 aliphatic rings. The number of hydrogen-bond acceptors (Lipinski definition) is 0. The molecule has 6 rings (SSSR count). The van der Waals surface area contributed by atoms with Crippen molar-refractivity contribution in [3.8, 4) is 22.3 Å². The average Bonchev–Trinajstić information content (AvgIpc) is 3.52. The van der Waals surface area contributed by atoms with Gasteiger partial charge in [0.2, 0.25) is 0 Å². The molecule has 0 fully saturated rings. The summed E-state index contributed by atoms with van der Waals surface area (Å²) in [6.07, 6.45) is 3.59. The van der Waals surface area contributed by atoms with Gasteiger partial charge in [0, 0.05) is 5.92 Å². The Bertz CT molecular complexity index is 1810. The summed E-state index contributed by atoms with van der Waals surface area (Å²) in [5.74, 6) is 0.736. The van der Waals surface area contributed by atoms with Crippen LogP contribution in [0.15, 0.2) is 90.0 Å². The van der Waals surface area contributed by atoms with Crippen LogP contribution in [0.4, 0.5) is 0 Å². The van der Waals surface area contributed by atoms with Crippen molar-refractivity contribution in [3.63, 3.8) is 0 Å². The smallest absolute Gasteiger partial charge is 0.0671 e. The van der Waals surface area contributed by atoms with Gasteiger partial charge in [0.25, 0.3) is 0 Å². The van der Waals surface area contributed by atoms with E-state index in [1.807, 2.05) is 0 Å². The van der Waals surface area contributed by atoms with Crippen molar-refractivity contribution < 1.29 is 0 Å². The van der Waals surface area contributed by atoms with Crippen molar-refractivity contribution in [3.05, 3.63) is 123 Å². The first-order chi connectivity index (χ1) is 21.2. The molecule has 231 valence electrons. The van der Waals surface area contributed by atoms with Crippen LogP contribution < -0.4 is 5.19 Å². The quantitative estimate of drug-likeness (QED) is 0.198. The van der Waals surface area contributed by atoms with Gasteiger partial charge in [-0.2, -0.15) is 0 Å². The molecule has 4 aromatic carbocycles. The molecule has 1 radical (unpaired) electrons. The van der Waals surface area contributed by atoms with Crippen molar-refractivity contribution in [1.82, 2.24) is 0 Å². The summed E-state index contributed by atoms with van der Waals surface area (Å²) in [5, 5.41) is 1.55. The Morgan fingerprint density at radius 3 is 1.80 bits per heavy atom. The summed E-state index contributed by atoms with van der Waals surface area (Å²) in [5.41, 5.74) is 19.1. The predicted octanol–water partition coefficient (Wildman–Crippen LogP) is 11.7. The zero-order valence-corrected chi connectivity index (χ0v) is 30.4. The first kappa shape index (κ1) is 31.6. The van der Waals surface area contributed by atoms with E-state index in [-0.39, 0.29) is 16.7 Å². The number of rotatable bonds is 5. The summed E-state index contributed by atoms with van der Waals surface area (Å²) in [6, 6.07) is 30.8. The summed E-state index contributed by atoms with van der Waals surface area (Å²) in [7, 11) is -0.694. The standard InChI is InChI=1S/C44H51Si/c1-27(2)36-26-37-34(29-15-20-32(21-16-29)43(4,5)6)13-12-14-35(37)42(36)39-28(3)25-31-19-24-38(45(10)11)40(41(31)39)30-17-22-33(23-18-30)44(7,8)9/h12-24,26-27,42H,25H2,1-11H3. The van der Waals surface area contributed by atoms with Gasteiger partial charge >= 0.3 is 0 Å². The maximum Gasteiger partial charge on any atom is 0.0800 e. The van der Waals surface area contributed by atoms with Crippen LogP contribution in [0.1, 0.15) is 102 Å². The summed E-state index contributed by atoms with van der Waals surface area (Å²) >= 11 is 0. The van der Waals surface area contributed by atoms with Crippen LogP contribution in [0.25, 0.3) is 33.9 Å². The second-order valence-corrected chi connectivity index (χ2v) is 18.6. The van der Waals surface area contributed by atoms with E-state index < -0.39 is 8.80 Å². The van der Waals surface area contributed by atoms with Crippen molar-refractivity contribution in [1.29, 1.82) is 0 Å². The highest BCUT2D eigenvalue weighted by Crippen LogP contribution is 2.55. The van der Waals surface area contributed by atoms with E-state index in [2.05, 4.69) is 160 Å². The molecule has 0 saturated heterocycles. The Hall–Kier alpha value is -3.42. The molecule has 45 heavy (non-hydrogen) atoms. The van der Waals surface area contributed by atoms with Gasteiger partial charge in [-0.3, -0.25) is 0 Å². The van der Waals surface area contributed by atoms with Gasteiger partial charge in [-0.15, -0.1) is 0 Å². The third-order valence-corrected chi connectivity index (χ3v) is 11.7. The molecule has 1 heteroatoms. The van der Waals surface area contributed by atoms with Crippen LogP contribution in [-0.2, 0) is 17.3 Å². The average molecular weight is 608 g/mol. The second kappa shape index (κ2) is 11.4. The van der Waals surface area contributed by atoms with Gasteiger partial charge in [-0.1, -0.05) is 170 Å². The zero-order valence-electron chi connectivity index (χ0n) is 29.4. The maximum absolute atomic E-state index is 2.55. The highest BCUT2D eigenvalue weighted by Gasteiger charge is 2.37. The lowest BCUT2D eigenvalue weighted by Crippen LogP contribution is -2.26. The molecule has 0 heterocycles. The minimum atomic E-state index is -0.694. The zero-order chi connectivity index (χ0) is 32.4. The van der Waals surface area contributed by atoms with Crippen molar-refractivity contribution >= 4 is 25.6 Å². The van der Waals surface area contributed by atoms with Gasteiger partial charge in [0.15, 0.2) is 0 Å². The molecule has 1 atom stereocenters. The van der Waals surface area contributed by atoms with Gasteiger partial charge in [0.05, 0.1) is 8.80 Å². The molecule has 0 aromatic heterocycles. The Morgan fingerprint density at radius 2 is 1.27 bits per heavy atom. The van der Waals surface area contributed by atoms with E-state index in [1.165, 1.54) is 61.2 Å². The topological polar surface area (TPSA) is 0 Å². The number of benzene rings is 4. The van der Waals surface area contributed by atoms with Crippen LogP contribution in [0.3, 0.4) is 0 Å². The van der Waals surface area contributed by atoms with E-state index in [4.69, 9.17) is 0 Å². The fourth-order valence-electron chi connectivity index (χ4n) is 7.59. The van der Waals surface area contributed by atoms with E-state index in [0.29, 0.717) is 5.92 Å². The molecular weight excluding hydrogens is 557 g/mol. The molecule has 0 amide bonds. The molecule has 1 unspecified atom stereocenters. The number of fused-ring (bicyclic) bond motifs is 2. The largest absolute Gasteiger partial charge is 0.0800 e. The molecule has 0 aliphatic heterocycles. The summed E-state index contributed by atoms with van der Waals surface area (Å²) < 4.78 is 0. The molecular formula is C44H51Si. The summed E-state index contributed by atoms with van der Waals surface area (Å²) in [6.45, 7) is 25.9. The van der Waals surface area contributed by atoms with Crippen molar-refractivity contribution in [2.24, 2.45) is 5.92 Å². The minimum absolute atomic E-state index is 0.140. The van der Waals surface area contributed by atoms with Crippen molar-refractivity contribution in [2.75, 3.05) is 0 Å². The fraction of sp³-hybridized carbons (Fsp3) is 0.364. The van der Waals surface area contributed by atoms with Crippen molar-refractivity contribution in [2.45, 2.75) is 98.6 Å². The minimum Gasteiger partial charge on any atom is -0.0671 e. The van der Waals surface area contributed by atoms with Gasteiger partial charge in [-0.05, 0) is 91.3 Å². The van der Waals surface area contributed by atoms with Gasteiger partial charge in [0.1, 0.15) is 0 Å². The molecule has 2 aliphatic carbocycles. The van der Waals surface area contributed by atoms with Crippen LogP contribution in [0.5, 0.6) is 0 Å². The molecule has 0 N–H and O–H groups in total. The van der Waals surface area contributed by atoms with Crippen LogP contribution in [0, 0.1) is 5.92 Å². The Kier molecular flexibility index (Phi) is 8.01. The van der Waals surface area contributed by atoms with Crippen LogP contribution in [-0.4, -0.2) is 8.80 Å². The van der Waals surface area contributed by atoms with Gasteiger partial charge < -0.3 is 0 Å². The van der Waals surface area contributed by atoms with Crippen LogP contribution in [0.2, 0.25) is 13.1 Å². The summed E-state index contributed by atoms with van der Waals surface area (Å²) in [4.78, 5) is 0. The molecule has 0 nitrogen and oxygen atoms in total. The second-order valence-electron chi connectivity index (χ2n) is 16.1. The number of hydrogen-bond donors (Lipinski definition) is 0. The third-order valence-electron chi connectivity index (χ3n) is 10.2. The predicted molar refractivity (Wildman–Crippen MR) is 200 cm³/mol. The van der Waals surface area contributed by atoms with E-state index >= 15 is 0 Å². The highest BCUT2D eigenvalue weighted by molar-refractivity contribution is 6.72. The molecule has 0 spiro atoms. The monoisotopic (exact) mass is 607 g/mol. The first-order valence-corrected chi connectivity index (χ1v) is 19.4. The normalized spacial score (nSPS) is 16.5. The molecule has 0 bridgehead atoms. The molecule has 0 saturated carbocycles. The van der Waals surface area contributed by atoms with E-state index in [0.717, 1.165) is 6.42 Å². The first-order valence-electron chi connectivity index (χ1n) is 16.9. The maximum atomic E-state index is 2.55. The molecule has 4 aromatic rings. The van der Waals surface area contributed by atoms with Crippen LogP contribution >= 0.6 is 0 Å². The van der Waals surface area contributed by atoms with E-state index in [9.17, 15) is 0 Å². The fourth-order valence-corrected chi connectivity index (χ4v) is 8.77. The Morgan fingerprint density at radius 1 is 0.689 bits per heavy atom. The van der Waals surface area contributed by atoms with Gasteiger partial charge in [-0.25, -0.2) is 0 Å². The van der Waals surface area contributed by atoms with E-state index in [1.54, 1.807) is 16.3 Å². The third kappa shape index (κ3) is 5.63.